The first-order chi connectivity index (χ1) is 15.1. The molecule has 9 heteroatoms. The number of rotatable bonds is 7. The number of hydrogen-bond donors (Lipinski definition) is 1. The lowest BCUT2D eigenvalue weighted by Gasteiger charge is -2.36. The van der Waals surface area contributed by atoms with Gasteiger partial charge in [0.25, 0.3) is 5.91 Å². The van der Waals surface area contributed by atoms with Crippen molar-refractivity contribution >= 4 is 34.0 Å². The molecule has 1 aromatic carbocycles. The van der Waals surface area contributed by atoms with Gasteiger partial charge in [0, 0.05) is 43.7 Å². The van der Waals surface area contributed by atoms with Crippen LogP contribution >= 0.6 is 11.3 Å². The number of aryl methyl sites for hydroxylation is 1. The van der Waals surface area contributed by atoms with Crippen molar-refractivity contribution < 1.29 is 18.7 Å². The summed E-state index contributed by atoms with van der Waals surface area (Å²) in [6.07, 6.45) is 2.40. The molecular weight excluding hydrogens is 416 g/mol. The molecule has 1 saturated heterocycles. The highest BCUT2D eigenvalue weighted by molar-refractivity contribution is 7.13. The Hall–Kier alpha value is -3.33. The Bertz CT molecular complexity index is 1010. The number of benzene rings is 1. The molecule has 1 N–H and O–H groups in total. The topological polar surface area (TPSA) is 87.9 Å². The van der Waals surface area contributed by atoms with Crippen molar-refractivity contribution in [1.29, 1.82) is 0 Å². The first kappa shape index (κ1) is 20.9. The van der Waals surface area contributed by atoms with Gasteiger partial charge >= 0.3 is 0 Å². The highest BCUT2D eigenvalue weighted by atomic mass is 32.1. The summed E-state index contributed by atoms with van der Waals surface area (Å²) in [5.41, 5.74) is 1.93. The number of hydrogen-bond acceptors (Lipinski definition) is 7. The second kappa shape index (κ2) is 9.65. The third kappa shape index (κ3) is 5.24. The van der Waals surface area contributed by atoms with Gasteiger partial charge in [0.2, 0.25) is 5.91 Å². The van der Waals surface area contributed by atoms with E-state index in [0.29, 0.717) is 31.1 Å². The summed E-state index contributed by atoms with van der Waals surface area (Å²) in [6.45, 7) is 3.01. The van der Waals surface area contributed by atoms with Crippen molar-refractivity contribution in [1.82, 2.24) is 9.88 Å². The van der Waals surface area contributed by atoms with Gasteiger partial charge in [-0.1, -0.05) is 0 Å². The molecule has 0 bridgehead atoms. The smallest absolute Gasteiger partial charge is 0.293 e. The van der Waals surface area contributed by atoms with Crippen molar-refractivity contribution in [3.05, 3.63) is 59.5 Å². The van der Waals surface area contributed by atoms with Gasteiger partial charge in [-0.2, -0.15) is 0 Å². The average Bonchev–Trinajstić information content (AvgIpc) is 3.50. The fourth-order valence-corrected chi connectivity index (χ4v) is 4.19. The van der Waals surface area contributed by atoms with Gasteiger partial charge in [0.15, 0.2) is 10.9 Å². The van der Waals surface area contributed by atoms with Crippen LogP contribution in [-0.2, 0) is 11.2 Å². The highest BCUT2D eigenvalue weighted by Gasteiger charge is 2.21. The molecule has 4 rings (SSSR count). The molecular formula is C22H24N4O4S. The van der Waals surface area contributed by atoms with Crippen LogP contribution in [0.3, 0.4) is 0 Å². The third-order valence-corrected chi connectivity index (χ3v) is 5.99. The SMILES string of the molecule is COc1ccc(N2CCN(C(=O)CCc3csc(NC(=O)c4ccco4)n3)CC2)cc1. The van der Waals surface area contributed by atoms with Crippen molar-refractivity contribution in [2.75, 3.05) is 43.5 Å². The zero-order chi connectivity index (χ0) is 21.6. The normalized spacial score (nSPS) is 13.8. The van der Waals surface area contributed by atoms with Crippen LogP contribution in [0, 0.1) is 0 Å². The number of amides is 2. The minimum absolute atomic E-state index is 0.128. The number of methoxy groups -OCH3 is 1. The summed E-state index contributed by atoms with van der Waals surface area (Å²) < 4.78 is 10.3. The second-order valence-corrected chi connectivity index (χ2v) is 8.00. The van der Waals surface area contributed by atoms with E-state index in [1.54, 1.807) is 19.2 Å². The molecule has 31 heavy (non-hydrogen) atoms. The number of nitrogens with zero attached hydrogens (tertiary/aromatic N) is 3. The zero-order valence-electron chi connectivity index (χ0n) is 17.2. The lowest BCUT2D eigenvalue weighted by molar-refractivity contribution is -0.131. The third-order valence-electron chi connectivity index (χ3n) is 5.18. The predicted molar refractivity (Wildman–Crippen MR) is 119 cm³/mol. The van der Waals surface area contributed by atoms with E-state index < -0.39 is 0 Å². The largest absolute Gasteiger partial charge is 0.497 e. The van der Waals surface area contributed by atoms with Gasteiger partial charge < -0.3 is 19.0 Å². The van der Waals surface area contributed by atoms with Crippen LogP contribution < -0.4 is 15.0 Å². The maximum absolute atomic E-state index is 12.6. The minimum Gasteiger partial charge on any atom is -0.497 e. The fraction of sp³-hybridized carbons (Fsp3) is 0.318. The van der Waals surface area contributed by atoms with Crippen LogP contribution in [0.5, 0.6) is 5.75 Å². The van der Waals surface area contributed by atoms with Gasteiger partial charge in [-0.15, -0.1) is 11.3 Å². The fourth-order valence-electron chi connectivity index (χ4n) is 3.45. The van der Waals surface area contributed by atoms with Crippen LogP contribution in [0.15, 0.2) is 52.5 Å². The summed E-state index contributed by atoms with van der Waals surface area (Å²) in [6, 6.07) is 11.2. The van der Waals surface area contributed by atoms with Crippen LogP contribution in [0.2, 0.25) is 0 Å². The minimum atomic E-state index is -0.336. The number of aromatic nitrogens is 1. The first-order valence-corrected chi connectivity index (χ1v) is 11.0. The Balaban J connectivity index is 1.22. The molecule has 0 spiro atoms. The van der Waals surface area contributed by atoms with E-state index >= 15 is 0 Å². The van der Waals surface area contributed by atoms with E-state index in [4.69, 9.17) is 9.15 Å². The van der Waals surface area contributed by atoms with Crippen LogP contribution in [0.4, 0.5) is 10.8 Å². The van der Waals surface area contributed by atoms with Crippen molar-refractivity contribution in [2.45, 2.75) is 12.8 Å². The Morgan fingerprint density at radius 1 is 1.16 bits per heavy atom. The lowest BCUT2D eigenvalue weighted by Crippen LogP contribution is -2.48. The summed E-state index contributed by atoms with van der Waals surface area (Å²) in [7, 11) is 1.66. The molecule has 0 saturated carbocycles. The van der Waals surface area contributed by atoms with Gasteiger partial charge in [0.1, 0.15) is 5.75 Å². The first-order valence-electron chi connectivity index (χ1n) is 10.1. The standard InChI is InChI=1S/C22H24N4O4S/c1-29-18-7-5-17(6-8-18)25-10-12-26(13-11-25)20(27)9-4-16-15-31-22(23-16)24-21(28)19-3-2-14-30-19/h2-3,5-8,14-15H,4,9-13H2,1H3,(H,23,24,28). The van der Waals surface area contributed by atoms with Gasteiger partial charge in [-0.25, -0.2) is 4.98 Å². The van der Waals surface area contributed by atoms with Crippen molar-refractivity contribution in [3.8, 4) is 5.75 Å². The Labute approximate surface area is 184 Å². The molecule has 1 aliphatic rings. The van der Waals surface area contributed by atoms with E-state index in [1.165, 1.54) is 17.6 Å². The number of carbonyl (C=O) groups is 2. The molecule has 1 aliphatic heterocycles. The predicted octanol–water partition coefficient (Wildman–Crippen LogP) is 3.28. The van der Waals surface area contributed by atoms with Crippen LogP contribution in [-0.4, -0.2) is 55.0 Å². The molecule has 3 heterocycles. The number of piperazine rings is 1. The molecule has 0 atom stereocenters. The van der Waals surface area contributed by atoms with E-state index in [0.717, 1.165) is 30.2 Å². The maximum atomic E-state index is 12.6. The molecule has 2 aromatic heterocycles. The molecule has 162 valence electrons. The summed E-state index contributed by atoms with van der Waals surface area (Å²) >= 11 is 1.34. The monoisotopic (exact) mass is 440 g/mol. The molecule has 3 aromatic rings. The molecule has 2 amide bonds. The van der Waals surface area contributed by atoms with E-state index in [1.807, 2.05) is 34.5 Å². The van der Waals surface area contributed by atoms with Crippen LogP contribution in [0.1, 0.15) is 22.7 Å². The van der Waals surface area contributed by atoms with Gasteiger partial charge in [0.05, 0.1) is 19.1 Å². The summed E-state index contributed by atoms with van der Waals surface area (Å²) in [5.74, 6) is 0.865. The van der Waals surface area contributed by atoms with Crippen molar-refractivity contribution in [3.63, 3.8) is 0 Å². The van der Waals surface area contributed by atoms with Gasteiger partial charge in [-0.05, 0) is 42.8 Å². The molecule has 1 fully saturated rings. The zero-order valence-corrected chi connectivity index (χ0v) is 18.1. The van der Waals surface area contributed by atoms with E-state index in [-0.39, 0.29) is 17.6 Å². The van der Waals surface area contributed by atoms with E-state index in [9.17, 15) is 9.59 Å². The molecule has 0 aliphatic carbocycles. The molecule has 0 radical (unpaired) electrons. The number of carbonyl (C=O) groups excluding carboxylic acids is 2. The number of anilines is 2. The number of furan rings is 1. The lowest BCUT2D eigenvalue weighted by atomic mass is 10.2. The van der Waals surface area contributed by atoms with Gasteiger partial charge in [-0.3, -0.25) is 14.9 Å². The maximum Gasteiger partial charge on any atom is 0.293 e. The van der Waals surface area contributed by atoms with Crippen LogP contribution in [0.25, 0.3) is 0 Å². The summed E-state index contributed by atoms with van der Waals surface area (Å²) in [4.78, 5) is 33.2. The quantitative estimate of drug-likeness (QED) is 0.607. The number of ether oxygens (including phenoxy) is 1. The summed E-state index contributed by atoms with van der Waals surface area (Å²) in [5, 5.41) is 5.07. The molecule has 8 nitrogen and oxygen atoms in total. The Morgan fingerprint density at radius 3 is 2.61 bits per heavy atom. The Morgan fingerprint density at radius 2 is 1.94 bits per heavy atom. The second-order valence-electron chi connectivity index (χ2n) is 7.14. The average molecular weight is 441 g/mol. The highest BCUT2D eigenvalue weighted by Crippen LogP contribution is 2.21. The molecule has 0 unspecified atom stereocenters. The number of nitrogens with one attached hydrogen (secondary N) is 1. The van der Waals surface area contributed by atoms with Crippen molar-refractivity contribution in [2.24, 2.45) is 0 Å². The number of thiazole rings is 1. The van der Waals surface area contributed by atoms with E-state index in [2.05, 4.69) is 15.2 Å². The Kier molecular flexibility index (Phi) is 6.51.